The molecule has 0 bridgehead atoms. The van der Waals surface area contributed by atoms with Gasteiger partial charge in [0.1, 0.15) is 17.3 Å². The molecule has 0 aliphatic carbocycles. The van der Waals surface area contributed by atoms with Crippen molar-refractivity contribution in [2.45, 2.75) is 19.9 Å². The molecular formula is C34H33ClFN3O4. The third-order valence-electron chi connectivity index (χ3n) is 7.18. The fourth-order valence-corrected chi connectivity index (χ4v) is 5.12. The first-order chi connectivity index (χ1) is 20.8. The van der Waals surface area contributed by atoms with Gasteiger partial charge in [-0.25, -0.2) is 9.37 Å². The normalized spacial score (nSPS) is 13.8. The van der Waals surface area contributed by atoms with E-state index in [4.69, 9.17) is 21.1 Å². The molecule has 2 heterocycles. The predicted octanol–water partition coefficient (Wildman–Crippen LogP) is 6.66. The Morgan fingerprint density at radius 3 is 2.40 bits per heavy atom. The van der Waals surface area contributed by atoms with E-state index in [9.17, 15) is 14.3 Å². The zero-order valence-electron chi connectivity index (χ0n) is 23.9. The van der Waals surface area contributed by atoms with Gasteiger partial charge in [-0.15, -0.1) is 0 Å². The summed E-state index contributed by atoms with van der Waals surface area (Å²) in [6.45, 7) is 6.15. The number of halogens is 2. The molecular weight excluding hydrogens is 569 g/mol. The average Bonchev–Trinajstić information content (AvgIpc) is 3.01. The lowest BCUT2D eigenvalue weighted by Gasteiger charge is -2.34. The number of carbonyl (C=O) groups excluding carboxylic acids is 1. The molecule has 43 heavy (non-hydrogen) atoms. The number of nitrogens with zero attached hydrogens (tertiary/aromatic N) is 3. The van der Waals surface area contributed by atoms with Crippen LogP contribution in [0.3, 0.4) is 0 Å². The third-order valence-corrected chi connectivity index (χ3v) is 7.46. The summed E-state index contributed by atoms with van der Waals surface area (Å²) >= 11 is 6.47. The van der Waals surface area contributed by atoms with E-state index in [0.717, 1.165) is 37.2 Å². The molecule has 0 unspecified atom stereocenters. The van der Waals surface area contributed by atoms with E-state index in [-0.39, 0.29) is 17.5 Å². The van der Waals surface area contributed by atoms with Crippen LogP contribution in [0.15, 0.2) is 85.1 Å². The summed E-state index contributed by atoms with van der Waals surface area (Å²) in [5.41, 5.74) is 4.00. The van der Waals surface area contributed by atoms with Gasteiger partial charge in [-0.2, -0.15) is 0 Å². The van der Waals surface area contributed by atoms with Crippen molar-refractivity contribution < 1.29 is 23.8 Å². The minimum Gasteiger partial charge on any atom is -0.506 e. The first kappa shape index (κ1) is 30.1. The molecule has 0 spiro atoms. The van der Waals surface area contributed by atoms with Crippen molar-refractivity contribution in [2.75, 3.05) is 32.8 Å². The number of piperazine rings is 1. The van der Waals surface area contributed by atoms with E-state index in [0.29, 0.717) is 42.1 Å². The number of benzene rings is 3. The second kappa shape index (κ2) is 14.2. The highest BCUT2D eigenvalue weighted by Gasteiger charge is 2.20. The lowest BCUT2D eigenvalue weighted by molar-refractivity contribution is -0.127. The SMILES string of the molecule is Cc1cc(C=CC(=O)N2CCN(Cc3ccc(CCOc4ccc(F)cc4)cc3)CC2)cc(Cl)c1Oc1ccc(O)cn1. The Kier molecular flexibility index (Phi) is 9.92. The van der Waals surface area contributed by atoms with Crippen LogP contribution in [0.4, 0.5) is 4.39 Å². The highest BCUT2D eigenvalue weighted by atomic mass is 35.5. The van der Waals surface area contributed by atoms with Gasteiger partial charge in [-0.3, -0.25) is 9.69 Å². The van der Waals surface area contributed by atoms with E-state index in [1.54, 1.807) is 36.4 Å². The Hall–Kier alpha value is -4.40. The summed E-state index contributed by atoms with van der Waals surface area (Å²) in [5, 5.41) is 9.81. The van der Waals surface area contributed by atoms with Gasteiger partial charge in [0.05, 0.1) is 17.8 Å². The van der Waals surface area contributed by atoms with Crippen LogP contribution in [0, 0.1) is 12.7 Å². The van der Waals surface area contributed by atoms with Crippen molar-refractivity contribution in [3.8, 4) is 23.1 Å². The van der Waals surface area contributed by atoms with Gasteiger partial charge < -0.3 is 19.5 Å². The maximum atomic E-state index is 13.0. The summed E-state index contributed by atoms with van der Waals surface area (Å²) in [4.78, 5) is 21.1. The average molecular weight is 602 g/mol. The zero-order valence-corrected chi connectivity index (χ0v) is 24.6. The Labute approximate surface area is 255 Å². The monoisotopic (exact) mass is 601 g/mol. The van der Waals surface area contributed by atoms with Crippen LogP contribution in [-0.2, 0) is 17.8 Å². The summed E-state index contributed by atoms with van der Waals surface area (Å²) in [7, 11) is 0. The standard InChI is InChI=1S/C34H33ClFN3O4/c1-24-20-27(21-31(35)34(24)43-32-12-9-29(40)22-37-32)6-13-33(41)39-17-15-38(16-18-39)23-26-4-2-25(3-5-26)14-19-42-30-10-7-28(36)8-11-30/h2-13,20-22,40H,14-19,23H2,1H3. The zero-order chi connectivity index (χ0) is 30.2. The molecule has 1 fully saturated rings. The van der Waals surface area contributed by atoms with E-state index in [1.165, 1.54) is 35.5 Å². The molecule has 0 atom stereocenters. The molecule has 222 valence electrons. The Morgan fingerprint density at radius 2 is 1.72 bits per heavy atom. The third kappa shape index (κ3) is 8.56. The maximum absolute atomic E-state index is 13.0. The smallest absolute Gasteiger partial charge is 0.246 e. The molecule has 4 aromatic rings. The van der Waals surface area contributed by atoms with Crippen LogP contribution in [-0.4, -0.2) is 58.6 Å². The highest BCUT2D eigenvalue weighted by molar-refractivity contribution is 6.32. The summed E-state index contributed by atoms with van der Waals surface area (Å²) in [6.07, 6.45) is 5.42. The number of ether oxygens (including phenoxy) is 2. The molecule has 0 radical (unpaired) electrons. The predicted molar refractivity (Wildman–Crippen MR) is 165 cm³/mol. The topological polar surface area (TPSA) is 75.1 Å². The molecule has 5 rings (SSSR count). The molecule has 1 aromatic heterocycles. The van der Waals surface area contributed by atoms with E-state index in [2.05, 4.69) is 34.1 Å². The molecule has 0 saturated carbocycles. The second-order valence-electron chi connectivity index (χ2n) is 10.4. The maximum Gasteiger partial charge on any atom is 0.246 e. The molecule has 1 amide bonds. The summed E-state index contributed by atoms with van der Waals surface area (Å²) < 4.78 is 24.5. The van der Waals surface area contributed by atoms with Gasteiger partial charge in [-0.05, 0) is 77.7 Å². The van der Waals surface area contributed by atoms with Gasteiger partial charge in [0.15, 0.2) is 5.75 Å². The lowest BCUT2D eigenvalue weighted by Crippen LogP contribution is -2.47. The summed E-state index contributed by atoms with van der Waals surface area (Å²) in [6, 6.07) is 21.2. The minimum absolute atomic E-state index is 0.0331. The first-order valence-corrected chi connectivity index (χ1v) is 14.5. The number of aromatic nitrogens is 1. The van der Waals surface area contributed by atoms with Crippen LogP contribution in [0.25, 0.3) is 6.08 Å². The van der Waals surface area contributed by atoms with Crippen LogP contribution in [0.2, 0.25) is 5.02 Å². The number of hydrogen-bond donors (Lipinski definition) is 1. The molecule has 9 heteroatoms. The number of aromatic hydroxyl groups is 1. The molecule has 3 aromatic carbocycles. The van der Waals surface area contributed by atoms with Crippen molar-refractivity contribution in [3.63, 3.8) is 0 Å². The number of amides is 1. The Bertz CT molecular complexity index is 1530. The fraction of sp³-hybridized carbons (Fsp3) is 0.235. The molecule has 1 saturated heterocycles. The van der Waals surface area contributed by atoms with Crippen molar-refractivity contribution >= 4 is 23.6 Å². The molecule has 1 N–H and O–H groups in total. The van der Waals surface area contributed by atoms with Crippen molar-refractivity contribution in [2.24, 2.45) is 0 Å². The number of carbonyl (C=O) groups is 1. The number of pyridine rings is 1. The summed E-state index contributed by atoms with van der Waals surface area (Å²) in [5.74, 6) is 1.21. The number of hydrogen-bond acceptors (Lipinski definition) is 6. The van der Waals surface area contributed by atoms with E-state index < -0.39 is 0 Å². The molecule has 1 aliphatic heterocycles. The minimum atomic E-state index is -0.273. The van der Waals surface area contributed by atoms with Crippen LogP contribution in [0.1, 0.15) is 22.3 Å². The van der Waals surface area contributed by atoms with Crippen LogP contribution >= 0.6 is 11.6 Å². The van der Waals surface area contributed by atoms with Gasteiger partial charge in [0, 0.05) is 51.3 Å². The Morgan fingerprint density at radius 1 is 1.00 bits per heavy atom. The van der Waals surface area contributed by atoms with Gasteiger partial charge in [0.25, 0.3) is 0 Å². The van der Waals surface area contributed by atoms with Gasteiger partial charge in [0.2, 0.25) is 11.8 Å². The van der Waals surface area contributed by atoms with E-state index in [1.807, 2.05) is 17.9 Å². The van der Waals surface area contributed by atoms with Crippen molar-refractivity contribution in [1.29, 1.82) is 0 Å². The number of rotatable bonds is 10. The van der Waals surface area contributed by atoms with Crippen LogP contribution < -0.4 is 9.47 Å². The van der Waals surface area contributed by atoms with Gasteiger partial charge >= 0.3 is 0 Å². The lowest BCUT2D eigenvalue weighted by atomic mass is 10.1. The van der Waals surface area contributed by atoms with E-state index >= 15 is 0 Å². The van der Waals surface area contributed by atoms with Crippen LogP contribution in [0.5, 0.6) is 23.1 Å². The van der Waals surface area contributed by atoms with Crippen molar-refractivity contribution in [3.05, 3.63) is 118 Å². The quantitative estimate of drug-likeness (QED) is 0.205. The fourth-order valence-electron chi connectivity index (χ4n) is 4.81. The second-order valence-corrected chi connectivity index (χ2v) is 10.8. The highest BCUT2D eigenvalue weighted by Crippen LogP contribution is 2.34. The number of aryl methyl sites for hydroxylation is 1. The largest absolute Gasteiger partial charge is 0.506 e. The molecule has 1 aliphatic rings. The Balaban J connectivity index is 1.06. The van der Waals surface area contributed by atoms with Gasteiger partial charge in [-0.1, -0.05) is 35.9 Å². The first-order valence-electron chi connectivity index (χ1n) is 14.1. The van der Waals surface area contributed by atoms with Crippen molar-refractivity contribution in [1.82, 2.24) is 14.8 Å². The molecule has 7 nitrogen and oxygen atoms in total.